The van der Waals surface area contributed by atoms with Crippen LogP contribution in [0.5, 0.6) is 0 Å². The molecule has 2 rings (SSSR count). The van der Waals surface area contributed by atoms with Crippen molar-refractivity contribution in [3.8, 4) is 0 Å². The van der Waals surface area contributed by atoms with Crippen molar-refractivity contribution >= 4 is 35.5 Å². The molecule has 3 atom stereocenters. The Morgan fingerprint density at radius 2 is 1.74 bits per heavy atom. The van der Waals surface area contributed by atoms with E-state index in [2.05, 4.69) is 27.8 Å². The number of carbonyl (C=O) groups excluding carboxylic acids is 6. The summed E-state index contributed by atoms with van der Waals surface area (Å²) in [6.07, 6.45) is 5.27. The third-order valence-electron chi connectivity index (χ3n) is 6.64. The van der Waals surface area contributed by atoms with E-state index >= 15 is 0 Å². The van der Waals surface area contributed by atoms with Crippen molar-refractivity contribution in [2.45, 2.75) is 84.3 Å². The van der Waals surface area contributed by atoms with Gasteiger partial charge in [-0.15, -0.1) is 6.58 Å². The summed E-state index contributed by atoms with van der Waals surface area (Å²) in [4.78, 5) is 77.4. The van der Waals surface area contributed by atoms with Gasteiger partial charge in [0.1, 0.15) is 18.6 Å². The lowest BCUT2D eigenvalue weighted by molar-refractivity contribution is -0.143. The molecule has 0 spiro atoms. The van der Waals surface area contributed by atoms with Gasteiger partial charge in [-0.05, 0) is 43.4 Å². The molecule has 39 heavy (non-hydrogen) atoms. The molecule has 12 heteroatoms. The van der Waals surface area contributed by atoms with Gasteiger partial charge in [-0.25, -0.2) is 4.79 Å². The fourth-order valence-electron chi connectivity index (χ4n) is 4.23. The Morgan fingerprint density at radius 3 is 2.33 bits per heavy atom. The first kappa shape index (κ1) is 31.8. The predicted octanol–water partition coefficient (Wildman–Crippen LogP) is 0.801. The number of likely N-dealkylation sites (tertiary alicyclic amines) is 1. The van der Waals surface area contributed by atoms with Gasteiger partial charge >= 0.3 is 12.0 Å². The maximum Gasteiger partial charge on any atom is 0.325 e. The van der Waals surface area contributed by atoms with Gasteiger partial charge in [-0.3, -0.25) is 24.0 Å². The van der Waals surface area contributed by atoms with Crippen molar-refractivity contribution in [3.63, 3.8) is 0 Å². The fraction of sp³-hybridized carbons (Fsp3) is 0.704. The third kappa shape index (κ3) is 9.99. The van der Waals surface area contributed by atoms with E-state index in [-0.39, 0.29) is 19.5 Å². The molecule has 2 fully saturated rings. The van der Waals surface area contributed by atoms with Crippen LogP contribution in [0, 0.1) is 11.3 Å². The first-order chi connectivity index (χ1) is 18.4. The molecule has 5 amide bonds. The number of ether oxygens (including phenoxy) is 1. The highest BCUT2D eigenvalue weighted by molar-refractivity contribution is 6.38. The van der Waals surface area contributed by atoms with Gasteiger partial charge in [0.05, 0.1) is 12.6 Å². The normalized spacial score (nSPS) is 18.4. The van der Waals surface area contributed by atoms with Gasteiger partial charge in [0.15, 0.2) is 0 Å². The highest BCUT2D eigenvalue weighted by Crippen LogP contribution is 2.29. The van der Waals surface area contributed by atoms with Gasteiger partial charge in [-0.1, -0.05) is 40.2 Å². The average molecular weight is 550 g/mol. The van der Waals surface area contributed by atoms with Gasteiger partial charge in [0.25, 0.3) is 5.91 Å². The molecule has 1 aliphatic carbocycles. The zero-order valence-corrected chi connectivity index (χ0v) is 23.5. The van der Waals surface area contributed by atoms with Crippen LogP contribution < -0.4 is 21.3 Å². The second-order valence-corrected chi connectivity index (χ2v) is 11.2. The van der Waals surface area contributed by atoms with Crippen LogP contribution in [-0.4, -0.2) is 84.8 Å². The van der Waals surface area contributed by atoms with Gasteiger partial charge in [0, 0.05) is 13.1 Å². The number of Topliss-reactive ketones (excluding diaryl/α,β-unsaturated/α-hetero) is 1. The van der Waals surface area contributed by atoms with E-state index in [9.17, 15) is 28.8 Å². The van der Waals surface area contributed by atoms with E-state index in [1.807, 2.05) is 6.92 Å². The minimum absolute atomic E-state index is 0.124. The molecule has 12 nitrogen and oxygen atoms in total. The van der Waals surface area contributed by atoms with E-state index < -0.39 is 59.0 Å². The summed E-state index contributed by atoms with van der Waals surface area (Å²) in [5.74, 6) is -2.70. The number of carbonyl (C=O) groups is 6. The summed E-state index contributed by atoms with van der Waals surface area (Å²) in [6, 6.07) is -3.57. The number of hydrogen-bond acceptors (Lipinski definition) is 7. The molecule has 4 N–H and O–H groups in total. The number of esters is 1. The maximum absolute atomic E-state index is 13.6. The second-order valence-electron chi connectivity index (χ2n) is 11.2. The van der Waals surface area contributed by atoms with Crippen molar-refractivity contribution in [1.29, 1.82) is 0 Å². The molecule has 0 aromatic carbocycles. The van der Waals surface area contributed by atoms with Crippen LogP contribution in [0.2, 0.25) is 0 Å². The van der Waals surface area contributed by atoms with Gasteiger partial charge in [-0.2, -0.15) is 0 Å². The van der Waals surface area contributed by atoms with E-state index in [1.165, 1.54) is 11.0 Å². The number of urea groups is 1. The Kier molecular flexibility index (Phi) is 11.9. The van der Waals surface area contributed by atoms with Crippen LogP contribution in [0.15, 0.2) is 12.7 Å². The zero-order valence-electron chi connectivity index (χ0n) is 23.5. The molecular formula is C27H43N5O7. The van der Waals surface area contributed by atoms with Crippen LogP contribution in [0.3, 0.4) is 0 Å². The average Bonchev–Trinajstić information content (AvgIpc) is 3.59. The number of ketones is 1. The number of nitrogens with one attached hydrogen (secondary N) is 4. The first-order valence-corrected chi connectivity index (χ1v) is 13.6. The van der Waals surface area contributed by atoms with Gasteiger partial charge < -0.3 is 30.9 Å². The smallest absolute Gasteiger partial charge is 0.325 e. The summed E-state index contributed by atoms with van der Waals surface area (Å²) in [5, 5.41) is 10.2. The SMILES string of the molecule is C=CCNC(=O)C(=O)C(CCC)NC(=O)C1CCCN1C(=O)C(NC(=O)NCC(=O)OCC1CC1)C(C)(C)C. The van der Waals surface area contributed by atoms with Crippen molar-refractivity contribution in [3.05, 3.63) is 12.7 Å². The lowest BCUT2D eigenvalue weighted by atomic mass is 9.85. The molecule has 1 heterocycles. The molecule has 0 bridgehead atoms. The number of amides is 5. The molecule has 3 unspecified atom stereocenters. The molecule has 218 valence electrons. The zero-order chi connectivity index (χ0) is 29.2. The highest BCUT2D eigenvalue weighted by atomic mass is 16.5. The molecule has 1 aliphatic heterocycles. The lowest BCUT2D eigenvalue weighted by Crippen LogP contribution is -2.60. The molecular weight excluding hydrogens is 506 g/mol. The number of hydrogen-bond donors (Lipinski definition) is 4. The highest BCUT2D eigenvalue weighted by Gasteiger charge is 2.42. The largest absolute Gasteiger partial charge is 0.464 e. The van der Waals surface area contributed by atoms with Gasteiger partial charge in [0.2, 0.25) is 17.6 Å². The quantitative estimate of drug-likeness (QED) is 0.141. The van der Waals surface area contributed by atoms with E-state index in [0.29, 0.717) is 38.3 Å². The Balaban J connectivity index is 2.03. The Morgan fingerprint density at radius 1 is 1.05 bits per heavy atom. The fourth-order valence-corrected chi connectivity index (χ4v) is 4.23. The van der Waals surface area contributed by atoms with E-state index in [0.717, 1.165) is 12.8 Å². The number of nitrogens with zero attached hydrogens (tertiary/aromatic N) is 1. The van der Waals surface area contributed by atoms with Crippen LogP contribution >= 0.6 is 0 Å². The lowest BCUT2D eigenvalue weighted by Gasteiger charge is -2.35. The summed E-state index contributed by atoms with van der Waals surface area (Å²) >= 11 is 0. The molecule has 1 saturated carbocycles. The van der Waals surface area contributed by atoms with Crippen LogP contribution in [0.1, 0.15) is 66.2 Å². The molecule has 0 radical (unpaired) electrons. The standard InChI is InChI=1S/C27H43N5O7/c1-6-9-18(21(34)24(36)28-13-7-2)30-23(35)19-10-8-14-32(19)25(37)22(27(3,4)5)31-26(38)29-15-20(33)39-16-17-11-12-17/h7,17-19,22H,2,6,8-16H2,1,3-5H3,(H,28,36)(H,30,35)(H2,29,31,38). The first-order valence-electron chi connectivity index (χ1n) is 13.6. The van der Waals surface area contributed by atoms with Crippen LogP contribution in [0.4, 0.5) is 4.79 Å². The summed E-state index contributed by atoms with van der Waals surface area (Å²) in [7, 11) is 0. The summed E-state index contributed by atoms with van der Waals surface area (Å²) in [6.45, 7) is 11.1. The molecule has 0 aromatic heterocycles. The minimum atomic E-state index is -1.02. The number of rotatable bonds is 14. The molecule has 0 aromatic rings. The predicted molar refractivity (Wildman–Crippen MR) is 143 cm³/mol. The van der Waals surface area contributed by atoms with E-state index in [1.54, 1.807) is 20.8 Å². The second kappa shape index (κ2) is 14.6. The monoisotopic (exact) mass is 549 g/mol. The Hall–Kier alpha value is -3.44. The van der Waals surface area contributed by atoms with Crippen molar-refractivity contribution in [2.24, 2.45) is 11.3 Å². The topological polar surface area (TPSA) is 163 Å². The minimum Gasteiger partial charge on any atom is -0.464 e. The summed E-state index contributed by atoms with van der Waals surface area (Å²) < 4.78 is 5.10. The molecule has 1 saturated heterocycles. The summed E-state index contributed by atoms with van der Waals surface area (Å²) in [5.41, 5.74) is -0.714. The maximum atomic E-state index is 13.6. The molecule has 2 aliphatic rings. The van der Waals surface area contributed by atoms with E-state index in [4.69, 9.17) is 4.74 Å². The van der Waals surface area contributed by atoms with Crippen molar-refractivity contribution in [2.75, 3.05) is 26.2 Å². The van der Waals surface area contributed by atoms with Crippen molar-refractivity contribution in [1.82, 2.24) is 26.2 Å². The van der Waals surface area contributed by atoms with Crippen LogP contribution in [0.25, 0.3) is 0 Å². The van der Waals surface area contributed by atoms with Crippen molar-refractivity contribution < 1.29 is 33.5 Å². The Labute approximate surface area is 230 Å². The Bertz CT molecular complexity index is 941. The third-order valence-corrected chi connectivity index (χ3v) is 6.64. The van der Waals surface area contributed by atoms with Crippen LogP contribution in [-0.2, 0) is 28.7 Å².